The summed E-state index contributed by atoms with van der Waals surface area (Å²) < 4.78 is 17.5. The topological polar surface area (TPSA) is 80.9 Å². The summed E-state index contributed by atoms with van der Waals surface area (Å²) in [5.41, 5.74) is 4.48. The number of aromatic nitrogens is 1. The fourth-order valence-corrected chi connectivity index (χ4v) is 3.67. The van der Waals surface area contributed by atoms with Crippen LogP contribution in [-0.2, 0) is 17.8 Å². The minimum absolute atomic E-state index is 0. The molecule has 0 spiro atoms. The molecule has 1 aromatic heterocycles. The SMILES string of the molecule is CN=C(NCc1ncc(-c2ccc(C)cc2)o1)NCc1ccc(C)cc1OCC1CCOC1.I. The van der Waals surface area contributed by atoms with Gasteiger partial charge in [0.1, 0.15) is 5.75 Å². The van der Waals surface area contributed by atoms with Gasteiger partial charge in [-0.15, -0.1) is 24.0 Å². The minimum Gasteiger partial charge on any atom is -0.493 e. The van der Waals surface area contributed by atoms with E-state index in [0.717, 1.165) is 42.3 Å². The molecule has 0 saturated carbocycles. The molecule has 1 saturated heterocycles. The molecular weight excluding hydrogens is 543 g/mol. The van der Waals surface area contributed by atoms with Gasteiger partial charge in [0, 0.05) is 37.2 Å². The Hall–Kier alpha value is -2.59. The van der Waals surface area contributed by atoms with E-state index in [9.17, 15) is 0 Å². The predicted octanol–water partition coefficient (Wildman–Crippen LogP) is 4.86. The lowest BCUT2D eigenvalue weighted by Crippen LogP contribution is -2.36. The van der Waals surface area contributed by atoms with E-state index in [-0.39, 0.29) is 24.0 Å². The fraction of sp³-hybridized carbons (Fsp3) is 0.385. The summed E-state index contributed by atoms with van der Waals surface area (Å²) in [4.78, 5) is 8.70. The zero-order chi connectivity index (χ0) is 23.0. The fourth-order valence-electron chi connectivity index (χ4n) is 3.67. The number of hydrogen-bond acceptors (Lipinski definition) is 5. The number of benzene rings is 2. The van der Waals surface area contributed by atoms with Crippen LogP contribution < -0.4 is 15.4 Å². The quantitative estimate of drug-likeness (QED) is 0.227. The van der Waals surface area contributed by atoms with E-state index in [1.165, 1.54) is 11.1 Å². The maximum Gasteiger partial charge on any atom is 0.214 e. The Labute approximate surface area is 218 Å². The van der Waals surface area contributed by atoms with Crippen molar-refractivity contribution in [3.63, 3.8) is 0 Å². The number of guanidine groups is 1. The third-order valence-electron chi connectivity index (χ3n) is 5.69. The van der Waals surface area contributed by atoms with Crippen molar-refractivity contribution in [3.05, 3.63) is 71.2 Å². The second-order valence-electron chi connectivity index (χ2n) is 8.42. The standard InChI is InChI=1S/C26H32N4O3.HI/c1-18-4-7-21(8-5-18)24-14-28-25(33-24)15-30-26(27-3)29-13-22-9-6-19(2)12-23(22)32-17-20-10-11-31-16-20;/h4-9,12,14,20H,10-11,13,15-17H2,1-3H3,(H2,27,29,30);1H. The zero-order valence-electron chi connectivity index (χ0n) is 20.0. The first-order valence-electron chi connectivity index (χ1n) is 11.4. The summed E-state index contributed by atoms with van der Waals surface area (Å²) in [6.07, 6.45) is 2.81. The highest BCUT2D eigenvalue weighted by atomic mass is 127. The van der Waals surface area contributed by atoms with E-state index in [1.807, 2.05) is 12.1 Å². The predicted molar refractivity (Wildman–Crippen MR) is 145 cm³/mol. The number of halogens is 1. The van der Waals surface area contributed by atoms with Crippen molar-refractivity contribution in [1.29, 1.82) is 0 Å². The molecule has 1 aliphatic heterocycles. The number of rotatable bonds is 8. The number of aryl methyl sites for hydroxylation is 2. The van der Waals surface area contributed by atoms with Crippen LogP contribution in [-0.4, -0.2) is 37.8 Å². The Bertz CT molecular complexity index is 1080. The van der Waals surface area contributed by atoms with Crippen LogP contribution in [0.25, 0.3) is 11.3 Å². The van der Waals surface area contributed by atoms with Crippen LogP contribution in [0.5, 0.6) is 5.75 Å². The lowest BCUT2D eigenvalue weighted by atomic mass is 10.1. The molecule has 3 aromatic rings. The van der Waals surface area contributed by atoms with Gasteiger partial charge in [-0.1, -0.05) is 42.0 Å². The van der Waals surface area contributed by atoms with E-state index >= 15 is 0 Å². The monoisotopic (exact) mass is 576 g/mol. The third-order valence-corrected chi connectivity index (χ3v) is 5.69. The highest BCUT2D eigenvalue weighted by molar-refractivity contribution is 14.0. The molecule has 182 valence electrons. The molecule has 0 bridgehead atoms. The summed E-state index contributed by atoms with van der Waals surface area (Å²) in [6.45, 7) is 7.45. The van der Waals surface area contributed by atoms with E-state index in [1.54, 1.807) is 13.2 Å². The van der Waals surface area contributed by atoms with Crippen LogP contribution in [0.3, 0.4) is 0 Å². The van der Waals surface area contributed by atoms with Crippen molar-refractivity contribution in [3.8, 4) is 17.1 Å². The van der Waals surface area contributed by atoms with Gasteiger partial charge in [-0.2, -0.15) is 0 Å². The molecule has 4 rings (SSSR count). The summed E-state index contributed by atoms with van der Waals surface area (Å²) in [5.74, 6) is 3.39. The van der Waals surface area contributed by atoms with E-state index < -0.39 is 0 Å². The van der Waals surface area contributed by atoms with Gasteiger partial charge in [0.25, 0.3) is 0 Å². The first kappa shape index (κ1) is 26.0. The molecule has 0 radical (unpaired) electrons. The van der Waals surface area contributed by atoms with Crippen LogP contribution in [0, 0.1) is 19.8 Å². The van der Waals surface area contributed by atoms with Crippen LogP contribution in [0.2, 0.25) is 0 Å². The smallest absolute Gasteiger partial charge is 0.214 e. The molecule has 1 unspecified atom stereocenters. The molecule has 2 heterocycles. The molecule has 8 heteroatoms. The first-order valence-corrected chi connectivity index (χ1v) is 11.4. The maximum absolute atomic E-state index is 6.14. The molecule has 1 fully saturated rings. The number of aliphatic imine (C=N–C) groups is 1. The average molecular weight is 576 g/mol. The van der Waals surface area contributed by atoms with Gasteiger partial charge in [0.2, 0.25) is 5.89 Å². The Balaban J connectivity index is 0.00000324. The van der Waals surface area contributed by atoms with Gasteiger partial charge in [0.15, 0.2) is 11.7 Å². The normalized spacial score (nSPS) is 15.6. The summed E-state index contributed by atoms with van der Waals surface area (Å²) in [6, 6.07) is 14.5. The Morgan fingerprint density at radius 3 is 2.59 bits per heavy atom. The summed E-state index contributed by atoms with van der Waals surface area (Å²) in [5, 5.41) is 6.62. The highest BCUT2D eigenvalue weighted by Crippen LogP contribution is 2.23. The molecule has 0 amide bonds. The van der Waals surface area contributed by atoms with Gasteiger partial charge in [-0.05, 0) is 31.9 Å². The van der Waals surface area contributed by atoms with E-state index in [4.69, 9.17) is 13.9 Å². The molecule has 7 nitrogen and oxygen atoms in total. The number of nitrogens with zero attached hydrogens (tertiary/aromatic N) is 2. The molecule has 2 aromatic carbocycles. The van der Waals surface area contributed by atoms with Crippen LogP contribution in [0.1, 0.15) is 29.0 Å². The number of nitrogens with one attached hydrogen (secondary N) is 2. The van der Waals surface area contributed by atoms with Crippen molar-refractivity contribution >= 4 is 29.9 Å². The lowest BCUT2D eigenvalue weighted by molar-refractivity contribution is 0.166. The number of ether oxygens (including phenoxy) is 2. The van der Waals surface area contributed by atoms with Gasteiger partial charge >= 0.3 is 0 Å². The molecule has 34 heavy (non-hydrogen) atoms. The highest BCUT2D eigenvalue weighted by Gasteiger charge is 2.17. The summed E-state index contributed by atoms with van der Waals surface area (Å²) >= 11 is 0. The number of oxazole rings is 1. The zero-order valence-corrected chi connectivity index (χ0v) is 22.3. The Morgan fingerprint density at radius 2 is 1.85 bits per heavy atom. The van der Waals surface area contributed by atoms with Crippen LogP contribution in [0.15, 0.2) is 58.1 Å². The third kappa shape index (κ3) is 7.20. The Morgan fingerprint density at radius 1 is 1.09 bits per heavy atom. The van der Waals surface area contributed by atoms with Gasteiger partial charge in [0.05, 0.1) is 26.0 Å². The van der Waals surface area contributed by atoms with E-state index in [0.29, 0.717) is 37.5 Å². The lowest BCUT2D eigenvalue weighted by Gasteiger charge is -2.16. The van der Waals surface area contributed by atoms with Gasteiger partial charge in [-0.3, -0.25) is 4.99 Å². The Kier molecular flexibility index (Phi) is 9.76. The second-order valence-corrected chi connectivity index (χ2v) is 8.42. The van der Waals surface area contributed by atoms with Crippen molar-refractivity contribution in [1.82, 2.24) is 15.6 Å². The largest absolute Gasteiger partial charge is 0.493 e. The van der Waals surface area contributed by atoms with Crippen molar-refractivity contribution in [2.45, 2.75) is 33.4 Å². The summed E-state index contributed by atoms with van der Waals surface area (Å²) in [7, 11) is 1.75. The van der Waals surface area contributed by atoms with Gasteiger partial charge < -0.3 is 24.5 Å². The molecule has 0 aliphatic carbocycles. The first-order chi connectivity index (χ1) is 16.1. The second kappa shape index (κ2) is 12.8. The molecule has 2 N–H and O–H groups in total. The van der Waals surface area contributed by atoms with E-state index in [2.05, 4.69) is 64.8 Å². The molecule has 1 atom stereocenters. The van der Waals surface area contributed by atoms with Gasteiger partial charge in [-0.25, -0.2) is 4.98 Å². The number of hydrogen-bond donors (Lipinski definition) is 2. The average Bonchev–Trinajstić information content (AvgIpc) is 3.51. The minimum atomic E-state index is 0. The molecule has 1 aliphatic rings. The van der Waals surface area contributed by atoms with Crippen LogP contribution >= 0.6 is 24.0 Å². The van der Waals surface area contributed by atoms with Crippen molar-refractivity contribution in [2.75, 3.05) is 26.9 Å². The van der Waals surface area contributed by atoms with Crippen molar-refractivity contribution < 1.29 is 13.9 Å². The maximum atomic E-state index is 6.14. The molecular formula is C26H33IN4O3. The van der Waals surface area contributed by atoms with Crippen molar-refractivity contribution in [2.24, 2.45) is 10.9 Å². The van der Waals surface area contributed by atoms with Crippen LogP contribution in [0.4, 0.5) is 0 Å².